The van der Waals surface area contributed by atoms with Gasteiger partial charge in [-0.2, -0.15) is 0 Å². The Morgan fingerprint density at radius 3 is 2.88 bits per heavy atom. The predicted octanol–water partition coefficient (Wildman–Crippen LogP) is 2.60. The van der Waals surface area contributed by atoms with Gasteiger partial charge in [-0.3, -0.25) is 9.80 Å². The van der Waals surface area contributed by atoms with E-state index >= 15 is 0 Å². The molecule has 0 unspecified atom stereocenters. The lowest BCUT2D eigenvalue weighted by atomic mass is 9.95. The zero-order chi connectivity index (χ0) is 17.2. The largest absolute Gasteiger partial charge is 0.383 e. The number of rotatable bonds is 6. The molecule has 3 fully saturated rings. The van der Waals surface area contributed by atoms with E-state index in [2.05, 4.69) is 45.6 Å². The summed E-state index contributed by atoms with van der Waals surface area (Å²) in [5.41, 5.74) is 2.39. The number of hydrogen-bond donors (Lipinski definition) is 0. The first kappa shape index (κ1) is 17.0. The Hall–Kier alpha value is -1.43. The first-order valence-electron chi connectivity index (χ1n) is 9.68. The van der Waals surface area contributed by atoms with Gasteiger partial charge in [0.1, 0.15) is 5.82 Å². The molecule has 136 valence electrons. The van der Waals surface area contributed by atoms with E-state index in [1.54, 1.807) is 7.11 Å². The summed E-state index contributed by atoms with van der Waals surface area (Å²) < 4.78 is 7.69. The van der Waals surface area contributed by atoms with Gasteiger partial charge in [0, 0.05) is 45.9 Å². The van der Waals surface area contributed by atoms with Crippen molar-refractivity contribution in [2.75, 3.05) is 39.9 Å². The number of imidazole rings is 1. The molecule has 0 spiro atoms. The molecule has 0 aliphatic carbocycles. The van der Waals surface area contributed by atoms with Gasteiger partial charge in [-0.25, -0.2) is 4.98 Å². The third-order valence-corrected chi connectivity index (χ3v) is 5.90. The molecule has 1 aromatic heterocycles. The number of ether oxygens (including phenoxy) is 1. The molecule has 3 aliphatic heterocycles. The summed E-state index contributed by atoms with van der Waals surface area (Å²) in [6.45, 7) is 9.67. The van der Waals surface area contributed by atoms with Crippen molar-refractivity contribution in [1.29, 1.82) is 0 Å². The minimum absolute atomic E-state index is 0.674. The Balaban J connectivity index is 1.52. The standard InChI is InChI=1S/C20H30N4O/c1-3-24-19-7-5-4-6-18(19)21-20(24)15-22-12-16-8-9-17(14-22)23(13-16)10-11-25-2/h4-7,16-17H,3,8-15H2,1-2H3/t16-,17+/m0/s1. The average molecular weight is 342 g/mol. The molecule has 0 radical (unpaired) electrons. The fraction of sp³-hybridized carbons (Fsp3) is 0.650. The molecule has 2 atom stereocenters. The molecule has 4 heterocycles. The molecule has 2 aromatic rings. The molecule has 25 heavy (non-hydrogen) atoms. The van der Waals surface area contributed by atoms with Crippen LogP contribution in [0.5, 0.6) is 0 Å². The van der Waals surface area contributed by atoms with Crippen LogP contribution in [-0.4, -0.2) is 65.3 Å². The highest BCUT2D eigenvalue weighted by atomic mass is 16.5. The first-order valence-corrected chi connectivity index (χ1v) is 9.68. The highest BCUT2D eigenvalue weighted by molar-refractivity contribution is 5.75. The highest BCUT2D eigenvalue weighted by Crippen LogP contribution is 2.29. The summed E-state index contributed by atoms with van der Waals surface area (Å²) in [7, 11) is 1.80. The topological polar surface area (TPSA) is 33.5 Å². The van der Waals surface area contributed by atoms with Crippen molar-refractivity contribution in [2.45, 2.75) is 38.9 Å². The maximum absolute atomic E-state index is 5.31. The second kappa shape index (κ2) is 7.44. The predicted molar refractivity (Wildman–Crippen MR) is 101 cm³/mol. The Labute approximate surface area is 150 Å². The van der Waals surface area contributed by atoms with Crippen LogP contribution in [0.1, 0.15) is 25.6 Å². The zero-order valence-corrected chi connectivity index (χ0v) is 15.5. The van der Waals surface area contributed by atoms with Crippen molar-refractivity contribution in [2.24, 2.45) is 5.92 Å². The number of hydrogen-bond acceptors (Lipinski definition) is 4. The van der Waals surface area contributed by atoms with Crippen molar-refractivity contribution >= 4 is 11.0 Å². The number of aromatic nitrogens is 2. The Morgan fingerprint density at radius 1 is 1.16 bits per heavy atom. The quantitative estimate of drug-likeness (QED) is 0.808. The molecule has 3 aliphatic rings. The van der Waals surface area contributed by atoms with Gasteiger partial charge in [-0.1, -0.05) is 12.1 Å². The number of piperidine rings is 1. The minimum atomic E-state index is 0.674. The number of aryl methyl sites for hydroxylation is 1. The summed E-state index contributed by atoms with van der Waals surface area (Å²) in [5, 5.41) is 0. The van der Waals surface area contributed by atoms with E-state index in [0.29, 0.717) is 6.04 Å². The fourth-order valence-electron chi connectivity index (χ4n) is 4.69. The molecule has 5 nitrogen and oxygen atoms in total. The molecular weight excluding hydrogens is 312 g/mol. The Bertz CT molecular complexity index is 713. The summed E-state index contributed by atoms with van der Waals surface area (Å²) in [4.78, 5) is 10.2. The third-order valence-electron chi connectivity index (χ3n) is 5.90. The summed E-state index contributed by atoms with van der Waals surface area (Å²) in [6, 6.07) is 9.18. The first-order chi connectivity index (χ1) is 12.3. The molecule has 2 bridgehead atoms. The molecular formula is C20H30N4O. The van der Waals surface area contributed by atoms with Crippen LogP contribution in [0.4, 0.5) is 0 Å². The van der Waals surface area contributed by atoms with Crippen LogP contribution < -0.4 is 0 Å². The summed E-state index contributed by atoms with van der Waals surface area (Å²) in [6.07, 6.45) is 2.70. The Morgan fingerprint density at radius 2 is 2.04 bits per heavy atom. The number of methoxy groups -OCH3 is 1. The smallest absolute Gasteiger partial charge is 0.124 e. The van der Waals surface area contributed by atoms with Crippen LogP contribution in [0.3, 0.4) is 0 Å². The lowest BCUT2D eigenvalue weighted by Gasteiger charge is -2.35. The molecule has 1 aromatic carbocycles. The minimum Gasteiger partial charge on any atom is -0.383 e. The van der Waals surface area contributed by atoms with Gasteiger partial charge in [0.05, 0.1) is 24.2 Å². The molecule has 0 N–H and O–H groups in total. The third kappa shape index (κ3) is 3.46. The van der Waals surface area contributed by atoms with Gasteiger partial charge in [-0.05, 0) is 37.8 Å². The van der Waals surface area contributed by atoms with E-state index in [1.165, 1.54) is 37.3 Å². The van der Waals surface area contributed by atoms with Gasteiger partial charge in [-0.15, -0.1) is 0 Å². The van der Waals surface area contributed by atoms with Crippen LogP contribution in [0.25, 0.3) is 11.0 Å². The summed E-state index contributed by atoms with van der Waals surface area (Å²) in [5.74, 6) is 2.00. The van der Waals surface area contributed by atoms with Gasteiger partial charge >= 0.3 is 0 Å². The molecule has 0 saturated carbocycles. The molecule has 3 saturated heterocycles. The van der Waals surface area contributed by atoms with Crippen molar-refractivity contribution in [3.63, 3.8) is 0 Å². The van der Waals surface area contributed by atoms with E-state index in [-0.39, 0.29) is 0 Å². The van der Waals surface area contributed by atoms with Crippen LogP contribution >= 0.6 is 0 Å². The molecule has 0 amide bonds. The van der Waals surface area contributed by atoms with Crippen LogP contribution in [0, 0.1) is 5.92 Å². The fourth-order valence-corrected chi connectivity index (χ4v) is 4.69. The van der Waals surface area contributed by atoms with Crippen molar-refractivity contribution < 1.29 is 4.74 Å². The monoisotopic (exact) mass is 342 g/mol. The summed E-state index contributed by atoms with van der Waals surface area (Å²) >= 11 is 0. The number of benzene rings is 1. The number of nitrogens with zero attached hydrogens (tertiary/aromatic N) is 4. The van der Waals surface area contributed by atoms with Gasteiger partial charge < -0.3 is 9.30 Å². The maximum Gasteiger partial charge on any atom is 0.124 e. The van der Waals surface area contributed by atoms with E-state index in [1.807, 2.05) is 0 Å². The number of para-hydroxylation sites is 2. The highest BCUT2D eigenvalue weighted by Gasteiger charge is 2.34. The second-order valence-corrected chi connectivity index (χ2v) is 7.54. The van der Waals surface area contributed by atoms with Crippen molar-refractivity contribution in [1.82, 2.24) is 19.4 Å². The van der Waals surface area contributed by atoms with Crippen molar-refractivity contribution in [3.8, 4) is 0 Å². The SMILES string of the molecule is CCn1c(CN2C[C@@H]3CC[C@H](C2)N(CCOC)C3)nc2ccccc21. The Kier molecular flexibility index (Phi) is 5.06. The normalized spacial score (nSPS) is 24.9. The van der Waals surface area contributed by atoms with E-state index in [0.717, 1.165) is 44.2 Å². The van der Waals surface area contributed by atoms with Gasteiger partial charge in [0.25, 0.3) is 0 Å². The number of fused-ring (bicyclic) bond motifs is 5. The van der Waals surface area contributed by atoms with Crippen LogP contribution in [0.15, 0.2) is 24.3 Å². The van der Waals surface area contributed by atoms with Gasteiger partial charge in [0.2, 0.25) is 0 Å². The zero-order valence-electron chi connectivity index (χ0n) is 15.5. The van der Waals surface area contributed by atoms with Crippen LogP contribution in [-0.2, 0) is 17.8 Å². The van der Waals surface area contributed by atoms with E-state index < -0.39 is 0 Å². The lowest BCUT2D eigenvalue weighted by Crippen LogP contribution is -2.45. The molecule has 5 heteroatoms. The van der Waals surface area contributed by atoms with Crippen molar-refractivity contribution in [3.05, 3.63) is 30.1 Å². The van der Waals surface area contributed by atoms with Crippen LogP contribution in [0.2, 0.25) is 0 Å². The van der Waals surface area contributed by atoms with E-state index in [4.69, 9.17) is 9.72 Å². The van der Waals surface area contributed by atoms with E-state index in [9.17, 15) is 0 Å². The molecule has 5 rings (SSSR count). The average Bonchev–Trinajstić information content (AvgIpc) is 2.75. The van der Waals surface area contributed by atoms with Gasteiger partial charge in [0.15, 0.2) is 0 Å². The lowest BCUT2D eigenvalue weighted by molar-refractivity contribution is 0.0866. The maximum atomic E-state index is 5.31. The second-order valence-electron chi connectivity index (χ2n) is 7.54.